The molecule has 0 N–H and O–H groups in total. The Hall–Kier alpha value is -1.38. The van der Waals surface area contributed by atoms with Crippen molar-refractivity contribution in [3.8, 4) is 0 Å². The van der Waals surface area contributed by atoms with Crippen LogP contribution in [0.1, 0.15) is 10.4 Å². The summed E-state index contributed by atoms with van der Waals surface area (Å²) in [6.45, 7) is 0. The van der Waals surface area contributed by atoms with E-state index in [1.54, 1.807) is 6.07 Å². The Morgan fingerprint density at radius 3 is 2.78 bits per heavy atom. The Morgan fingerprint density at radius 2 is 2.44 bits per heavy atom. The average molecular weight is 120 g/mol. The third-order valence-corrected chi connectivity index (χ3v) is 0.908. The zero-order valence-corrected chi connectivity index (χ0v) is 4.61. The summed E-state index contributed by atoms with van der Waals surface area (Å²) < 4.78 is 0. The second-order valence-corrected chi connectivity index (χ2v) is 1.55. The first kappa shape index (κ1) is 5.75. The predicted octanol–water partition coefficient (Wildman–Crippen LogP) is 0.290. The number of amides is 1. The van der Waals surface area contributed by atoms with Crippen LogP contribution >= 0.6 is 0 Å². The fourth-order valence-electron chi connectivity index (χ4n) is 0.489. The molecule has 0 saturated carbocycles. The highest BCUT2D eigenvalue weighted by Gasteiger charge is 1.98. The quantitative estimate of drug-likeness (QED) is 0.534. The molecule has 1 amide bonds. The highest BCUT2D eigenvalue weighted by Crippen LogP contribution is 1.92. The van der Waals surface area contributed by atoms with Gasteiger partial charge in [-0.25, -0.2) is 0 Å². The minimum absolute atomic E-state index is 0.220. The Kier molecular flexibility index (Phi) is 1.44. The molecule has 1 aromatic heterocycles. The van der Waals surface area contributed by atoms with Gasteiger partial charge in [-0.3, -0.25) is 9.78 Å². The highest BCUT2D eigenvalue weighted by molar-refractivity contribution is 5.91. The predicted molar refractivity (Wildman–Crippen MR) is 30.7 cm³/mol. The number of carbonyl (C=O) groups is 1. The van der Waals surface area contributed by atoms with Crippen LogP contribution in [0.5, 0.6) is 0 Å². The van der Waals surface area contributed by atoms with E-state index >= 15 is 0 Å². The number of pyridine rings is 1. The third kappa shape index (κ3) is 1.25. The number of carbonyl (C=O) groups excluding carboxylic acids is 1. The summed E-state index contributed by atoms with van der Waals surface area (Å²) in [5.41, 5.74) is 8.56. The molecule has 0 bridgehead atoms. The van der Waals surface area contributed by atoms with Crippen LogP contribution in [0.3, 0.4) is 0 Å². The summed E-state index contributed by atoms with van der Waals surface area (Å²) in [6, 6.07) is 3.08. The van der Waals surface area contributed by atoms with Crippen molar-refractivity contribution in [3.05, 3.63) is 30.1 Å². The van der Waals surface area contributed by atoms with E-state index in [-0.39, 0.29) is 5.56 Å². The first-order valence-corrected chi connectivity index (χ1v) is 2.44. The van der Waals surface area contributed by atoms with Gasteiger partial charge < -0.3 is 0 Å². The van der Waals surface area contributed by atoms with E-state index < -0.39 is 5.91 Å². The average Bonchev–Trinajstić information content (AvgIpc) is 1.90. The summed E-state index contributed by atoms with van der Waals surface area (Å²) in [5, 5.41) is 0. The molecule has 9 heavy (non-hydrogen) atoms. The van der Waals surface area contributed by atoms with Gasteiger partial charge in [0, 0.05) is 12.4 Å². The first-order chi connectivity index (χ1) is 4.30. The molecule has 0 aromatic carbocycles. The molecule has 0 atom stereocenters. The molecular weight excluding hydrogens is 116 g/mol. The monoisotopic (exact) mass is 120 g/mol. The van der Waals surface area contributed by atoms with E-state index in [1.807, 2.05) is 0 Å². The van der Waals surface area contributed by atoms with Crippen molar-refractivity contribution in [2.75, 3.05) is 0 Å². The third-order valence-electron chi connectivity index (χ3n) is 0.908. The standard InChI is InChI=1S/C6H4N2O/c7-6(9)5-2-1-3-8-4-5/h1-4H. The summed E-state index contributed by atoms with van der Waals surface area (Å²) >= 11 is 0. The van der Waals surface area contributed by atoms with Crippen LogP contribution < -0.4 is 5.73 Å². The van der Waals surface area contributed by atoms with Gasteiger partial charge in [-0.1, -0.05) is 0 Å². The second-order valence-electron chi connectivity index (χ2n) is 1.55. The van der Waals surface area contributed by atoms with E-state index in [4.69, 9.17) is 5.73 Å². The fourth-order valence-corrected chi connectivity index (χ4v) is 0.489. The maximum Gasteiger partial charge on any atom is 0.297 e. The van der Waals surface area contributed by atoms with Gasteiger partial charge in [0.25, 0.3) is 5.91 Å². The Bertz CT molecular complexity index is 208. The molecule has 0 unspecified atom stereocenters. The number of aromatic nitrogens is 1. The summed E-state index contributed by atoms with van der Waals surface area (Å²) in [6.07, 6.45) is 2.84. The maximum absolute atomic E-state index is 10.2. The van der Waals surface area contributed by atoms with Gasteiger partial charge in [0.2, 0.25) is 0 Å². The van der Waals surface area contributed by atoms with Crippen LogP contribution in [0.25, 0.3) is 0 Å². The molecule has 0 aliphatic heterocycles. The van der Waals surface area contributed by atoms with Crippen LogP contribution in [0.4, 0.5) is 0 Å². The Morgan fingerprint density at radius 1 is 1.67 bits per heavy atom. The van der Waals surface area contributed by atoms with E-state index in [9.17, 15) is 4.79 Å². The lowest BCUT2D eigenvalue weighted by Gasteiger charge is -1.86. The molecular formula is C6H4N2O. The van der Waals surface area contributed by atoms with Gasteiger partial charge in [0.1, 0.15) is 0 Å². The van der Waals surface area contributed by atoms with Crippen molar-refractivity contribution >= 4 is 5.91 Å². The van der Waals surface area contributed by atoms with Crippen molar-refractivity contribution in [1.29, 1.82) is 0 Å². The number of hydrogen-bond acceptors (Lipinski definition) is 2. The van der Waals surface area contributed by atoms with Crippen LogP contribution in [0.15, 0.2) is 24.5 Å². The zero-order chi connectivity index (χ0) is 6.69. The minimum atomic E-state index is -0.942. The fraction of sp³-hybridized carbons (Fsp3) is 0. The van der Waals surface area contributed by atoms with E-state index in [1.165, 1.54) is 18.5 Å². The van der Waals surface area contributed by atoms with Gasteiger partial charge in [0.05, 0.1) is 5.56 Å². The van der Waals surface area contributed by atoms with Crippen molar-refractivity contribution in [2.45, 2.75) is 0 Å². The summed E-state index contributed by atoms with van der Waals surface area (Å²) in [4.78, 5) is 13.8. The van der Waals surface area contributed by atoms with Crippen LogP contribution in [0, 0.1) is 0 Å². The molecule has 3 heteroatoms. The normalized spacial score (nSPS) is 8.89. The molecule has 3 nitrogen and oxygen atoms in total. The summed E-state index contributed by atoms with van der Waals surface area (Å²) in [7, 11) is 0. The molecule has 44 valence electrons. The van der Waals surface area contributed by atoms with Crippen LogP contribution in [0.2, 0.25) is 0 Å². The lowest BCUT2D eigenvalue weighted by atomic mass is 10.3. The lowest BCUT2D eigenvalue weighted by Crippen LogP contribution is -1.97. The van der Waals surface area contributed by atoms with E-state index in [0.29, 0.717) is 0 Å². The number of hydrogen-bond donors (Lipinski definition) is 0. The molecule has 1 aromatic rings. The minimum Gasteiger partial charge on any atom is -0.265 e. The van der Waals surface area contributed by atoms with Crippen molar-refractivity contribution < 1.29 is 4.79 Å². The van der Waals surface area contributed by atoms with Crippen LogP contribution in [-0.4, -0.2) is 10.9 Å². The van der Waals surface area contributed by atoms with Crippen LogP contribution in [-0.2, 0) is 0 Å². The number of nitrogens with zero attached hydrogens (tertiary/aromatic N) is 2. The van der Waals surface area contributed by atoms with Gasteiger partial charge in [-0.05, 0) is 12.1 Å². The van der Waals surface area contributed by atoms with Gasteiger partial charge in [-0.2, -0.15) is 0 Å². The lowest BCUT2D eigenvalue weighted by molar-refractivity contribution is 0.0991. The topological polar surface area (TPSA) is 52.3 Å². The maximum atomic E-state index is 10.2. The largest absolute Gasteiger partial charge is 0.297 e. The van der Waals surface area contributed by atoms with Gasteiger partial charge in [0.15, 0.2) is 0 Å². The smallest absolute Gasteiger partial charge is 0.265 e. The molecule has 0 fully saturated rings. The first-order valence-electron chi connectivity index (χ1n) is 2.44. The summed E-state index contributed by atoms with van der Waals surface area (Å²) in [5.74, 6) is -0.942. The SMILES string of the molecule is [N]C(=O)c1cccnc1. The Balaban J connectivity index is 2.98. The molecule has 0 aliphatic rings. The van der Waals surface area contributed by atoms with Crippen molar-refractivity contribution in [1.82, 2.24) is 10.7 Å². The van der Waals surface area contributed by atoms with Gasteiger partial charge >= 0.3 is 0 Å². The zero-order valence-electron chi connectivity index (χ0n) is 4.61. The molecule has 0 saturated heterocycles. The van der Waals surface area contributed by atoms with E-state index in [0.717, 1.165) is 0 Å². The van der Waals surface area contributed by atoms with Gasteiger partial charge in [-0.15, -0.1) is 5.73 Å². The molecule has 1 heterocycles. The molecule has 2 radical (unpaired) electrons. The molecule has 1 rings (SSSR count). The molecule has 0 aliphatic carbocycles. The molecule has 0 spiro atoms. The van der Waals surface area contributed by atoms with Crippen molar-refractivity contribution in [3.63, 3.8) is 0 Å². The second kappa shape index (κ2) is 2.26. The van der Waals surface area contributed by atoms with Crippen molar-refractivity contribution in [2.24, 2.45) is 0 Å². The Labute approximate surface area is 52.5 Å². The number of rotatable bonds is 1. The highest BCUT2D eigenvalue weighted by atomic mass is 16.1. The van der Waals surface area contributed by atoms with E-state index in [2.05, 4.69) is 4.98 Å².